The molecule has 2 heterocycles. The predicted molar refractivity (Wildman–Crippen MR) is 116 cm³/mol. The van der Waals surface area contributed by atoms with E-state index in [0.29, 0.717) is 18.1 Å². The molecule has 0 aliphatic heterocycles. The molecule has 0 radical (unpaired) electrons. The van der Waals surface area contributed by atoms with E-state index in [0.717, 1.165) is 45.5 Å². The highest BCUT2D eigenvalue weighted by atomic mass is 32.1. The largest absolute Gasteiger partial charge is 0.465 e. The molecule has 148 valence electrons. The summed E-state index contributed by atoms with van der Waals surface area (Å²) in [5.41, 5.74) is 4.25. The number of hydrogen-bond acceptors (Lipinski definition) is 6. The Morgan fingerprint density at radius 2 is 2.17 bits per heavy atom. The zero-order valence-corrected chi connectivity index (χ0v) is 17.2. The number of thiophene rings is 1. The third-order valence-electron chi connectivity index (χ3n) is 4.91. The Bertz CT molecular complexity index is 1080. The van der Waals surface area contributed by atoms with Gasteiger partial charge >= 0.3 is 5.97 Å². The van der Waals surface area contributed by atoms with Crippen molar-refractivity contribution in [1.29, 1.82) is 0 Å². The van der Waals surface area contributed by atoms with Crippen LogP contribution in [0.3, 0.4) is 0 Å². The van der Waals surface area contributed by atoms with Gasteiger partial charge in [-0.3, -0.25) is 4.98 Å². The van der Waals surface area contributed by atoms with E-state index >= 15 is 0 Å². The number of methoxy groups -OCH3 is 1. The summed E-state index contributed by atoms with van der Waals surface area (Å²) < 4.78 is 6.03. The lowest BCUT2D eigenvalue weighted by Crippen LogP contribution is -2.07. The Hall–Kier alpha value is -2.99. The minimum absolute atomic E-state index is 0.331. The van der Waals surface area contributed by atoms with Gasteiger partial charge in [-0.25, -0.2) is 4.79 Å². The van der Waals surface area contributed by atoms with E-state index in [1.807, 2.05) is 36.6 Å². The van der Waals surface area contributed by atoms with E-state index in [-0.39, 0.29) is 5.97 Å². The maximum absolute atomic E-state index is 12.1. The molecule has 0 atom stereocenters. The van der Waals surface area contributed by atoms with E-state index in [1.165, 1.54) is 7.11 Å². The normalized spacial score (nSPS) is 14.8. The summed E-state index contributed by atoms with van der Waals surface area (Å²) in [5.74, 6) is 0.107. The summed E-state index contributed by atoms with van der Waals surface area (Å²) in [7, 11) is 1.40. The number of ether oxygens (including phenoxy) is 1. The average Bonchev–Trinajstić information content (AvgIpc) is 3.52. The zero-order chi connectivity index (χ0) is 20.2. The van der Waals surface area contributed by atoms with Gasteiger partial charge in [0.25, 0.3) is 0 Å². The summed E-state index contributed by atoms with van der Waals surface area (Å²) >= 11 is 1.61. The zero-order valence-electron chi connectivity index (χ0n) is 16.4. The van der Waals surface area contributed by atoms with Crippen molar-refractivity contribution in [3.8, 4) is 0 Å². The van der Waals surface area contributed by atoms with Gasteiger partial charge in [-0.2, -0.15) is 0 Å². The highest BCUT2D eigenvalue weighted by molar-refractivity contribution is 7.17. The summed E-state index contributed by atoms with van der Waals surface area (Å²) in [4.78, 5) is 22.2. The Morgan fingerprint density at radius 3 is 2.86 bits per heavy atom. The molecule has 1 fully saturated rings. The van der Waals surface area contributed by atoms with Gasteiger partial charge in [0.05, 0.1) is 18.4 Å². The highest BCUT2D eigenvalue weighted by Gasteiger charge is 2.30. The van der Waals surface area contributed by atoms with Crippen molar-refractivity contribution in [3.63, 3.8) is 0 Å². The van der Waals surface area contributed by atoms with Crippen molar-refractivity contribution in [2.24, 2.45) is 11.1 Å². The number of hydrogen-bond donors (Lipinski definition) is 0. The standard InChI is InChI=1S/C23H22N2O3S/c1-3-17(23(26)27-2)19-14-29-21-10-7-15(12-18(19)21)13-28-25-22(16-8-9-16)20-6-4-5-11-24-20/h3-7,10-12,14,16H,8-9,13H2,1-2H3. The molecule has 1 aliphatic carbocycles. The van der Waals surface area contributed by atoms with Gasteiger partial charge in [0.15, 0.2) is 0 Å². The van der Waals surface area contributed by atoms with Crippen LogP contribution in [0.5, 0.6) is 0 Å². The molecule has 0 amide bonds. The van der Waals surface area contributed by atoms with Gasteiger partial charge in [-0.1, -0.05) is 23.4 Å². The lowest BCUT2D eigenvalue weighted by molar-refractivity contribution is -0.133. The third kappa shape index (κ3) is 4.22. The molecule has 0 unspecified atom stereocenters. The van der Waals surface area contributed by atoms with E-state index in [1.54, 1.807) is 23.6 Å². The quantitative estimate of drug-likeness (QED) is 0.234. The van der Waals surface area contributed by atoms with Crippen LogP contribution in [-0.2, 0) is 21.0 Å². The Morgan fingerprint density at radius 1 is 1.31 bits per heavy atom. The van der Waals surface area contributed by atoms with Crippen molar-refractivity contribution in [2.75, 3.05) is 7.11 Å². The van der Waals surface area contributed by atoms with Gasteiger partial charge in [0, 0.05) is 33.1 Å². The molecular formula is C23H22N2O3S. The fourth-order valence-electron chi connectivity index (χ4n) is 3.25. The number of aromatic nitrogens is 1. The molecule has 4 rings (SSSR count). The average molecular weight is 407 g/mol. The van der Waals surface area contributed by atoms with E-state index in [9.17, 15) is 4.79 Å². The van der Waals surface area contributed by atoms with Crippen molar-refractivity contribution >= 4 is 38.7 Å². The van der Waals surface area contributed by atoms with E-state index in [4.69, 9.17) is 9.57 Å². The van der Waals surface area contributed by atoms with Crippen LogP contribution in [0, 0.1) is 5.92 Å². The molecule has 1 saturated carbocycles. The molecule has 29 heavy (non-hydrogen) atoms. The van der Waals surface area contributed by atoms with Gasteiger partial charge in [0.2, 0.25) is 0 Å². The number of carbonyl (C=O) groups excluding carboxylic acids is 1. The van der Waals surface area contributed by atoms with Crippen LogP contribution >= 0.6 is 11.3 Å². The molecule has 3 aromatic rings. The van der Waals surface area contributed by atoms with Crippen molar-refractivity contribution < 1.29 is 14.4 Å². The van der Waals surface area contributed by atoms with Crippen LogP contribution in [0.2, 0.25) is 0 Å². The number of allylic oxidation sites excluding steroid dienone is 1. The second-order valence-electron chi connectivity index (χ2n) is 6.91. The molecule has 0 bridgehead atoms. The van der Waals surface area contributed by atoms with Crippen LogP contribution < -0.4 is 0 Å². The van der Waals surface area contributed by atoms with E-state index < -0.39 is 0 Å². The smallest absolute Gasteiger partial charge is 0.338 e. The lowest BCUT2D eigenvalue weighted by Gasteiger charge is -2.07. The first-order valence-electron chi connectivity index (χ1n) is 9.57. The third-order valence-corrected chi connectivity index (χ3v) is 5.87. The maximum Gasteiger partial charge on any atom is 0.338 e. The molecular weight excluding hydrogens is 384 g/mol. The topological polar surface area (TPSA) is 60.8 Å². The van der Waals surface area contributed by atoms with Crippen LogP contribution in [0.4, 0.5) is 0 Å². The molecule has 0 saturated heterocycles. The summed E-state index contributed by atoms with van der Waals surface area (Å²) in [5, 5.41) is 7.42. The maximum atomic E-state index is 12.1. The number of pyridine rings is 1. The first kappa shape index (κ1) is 19.3. The number of esters is 1. The summed E-state index contributed by atoms with van der Waals surface area (Å²) in [6.07, 6.45) is 5.82. The Balaban J connectivity index is 1.56. The van der Waals surface area contributed by atoms with Crippen molar-refractivity contribution in [1.82, 2.24) is 4.98 Å². The fraction of sp³-hybridized carbons (Fsp3) is 0.261. The van der Waals surface area contributed by atoms with E-state index in [2.05, 4.69) is 22.3 Å². The SMILES string of the molecule is CC=C(C(=O)OC)c1csc2ccc(CON=C(c3ccccn3)C3CC3)cc12. The predicted octanol–water partition coefficient (Wildman–Crippen LogP) is 5.20. The molecule has 5 nitrogen and oxygen atoms in total. The number of oxime groups is 1. The van der Waals surface area contributed by atoms with Crippen molar-refractivity contribution in [3.05, 3.63) is 70.9 Å². The van der Waals surface area contributed by atoms with Crippen LogP contribution in [0.15, 0.2) is 59.2 Å². The second-order valence-corrected chi connectivity index (χ2v) is 7.82. The van der Waals surface area contributed by atoms with Crippen LogP contribution in [0.25, 0.3) is 15.7 Å². The first-order valence-corrected chi connectivity index (χ1v) is 10.5. The Kier molecular flexibility index (Phi) is 5.71. The summed E-state index contributed by atoms with van der Waals surface area (Å²) in [6.45, 7) is 2.20. The molecule has 0 spiro atoms. The minimum atomic E-state index is -0.331. The minimum Gasteiger partial charge on any atom is -0.465 e. The van der Waals surface area contributed by atoms with Crippen LogP contribution in [0.1, 0.15) is 36.6 Å². The van der Waals surface area contributed by atoms with Gasteiger partial charge in [0.1, 0.15) is 12.3 Å². The number of rotatable bonds is 7. The highest BCUT2D eigenvalue weighted by Crippen LogP contribution is 2.34. The number of benzene rings is 1. The number of carbonyl (C=O) groups is 1. The summed E-state index contributed by atoms with van der Waals surface area (Å²) in [6, 6.07) is 12.0. The van der Waals surface area contributed by atoms with Gasteiger partial charge in [-0.15, -0.1) is 11.3 Å². The Labute approximate surface area is 173 Å². The van der Waals surface area contributed by atoms with Crippen LogP contribution in [-0.4, -0.2) is 23.8 Å². The fourth-order valence-corrected chi connectivity index (χ4v) is 4.19. The monoisotopic (exact) mass is 406 g/mol. The van der Waals surface area contributed by atoms with Gasteiger partial charge < -0.3 is 9.57 Å². The first-order chi connectivity index (χ1) is 14.2. The molecule has 1 aliphatic rings. The molecule has 2 aromatic heterocycles. The molecule has 6 heteroatoms. The second kappa shape index (κ2) is 8.57. The number of fused-ring (bicyclic) bond motifs is 1. The molecule has 1 aromatic carbocycles. The van der Waals surface area contributed by atoms with Crippen molar-refractivity contribution in [2.45, 2.75) is 26.4 Å². The van der Waals surface area contributed by atoms with Gasteiger partial charge in [-0.05, 0) is 49.6 Å². The molecule has 0 N–H and O–H groups in total. The number of nitrogens with zero attached hydrogens (tertiary/aromatic N) is 2. The lowest BCUT2D eigenvalue weighted by atomic mass is 10.0.